The highest BCUT2D eigenvalue weighted by Crippen LogP contribution is 2.41. The topological polar surface area (TPSA) is 3.24 Å². The smallest absolute Gasteiger partial charge is 0.0462 e. The van der Waals surface area contributed by atoms with Crippen LogP contribution < -0.4 is 4.90 Å². The summed E-state index contributed by atoms with van der Waals surface area (Å²) in [7, 11) is 0. The molecule has 0 saturated heterocycles. The van der Waals surface area contributed by atoms with Crippen LogP contribution in [-0.4, -0.2) is 0 Å². The van der Waals surface area contributed by atoms with Crippen LogP contribution in [0.15, 0.2) is 200 Å². The molecule has 0 radical (unpaired) electrons. The molecular formula is C48H33NS. The molecule has 0 spiro atoms. The fraction of sp³-hybridized carbons (Fsp3) is 0. The van der Waals surface area contributed by atoms with Gasteiger partial charge in [-0.25, -0.2) is 0 Å². The van der Waals surface area contributed by atoms with Gasteiger partial charge in [-0.2, -0.15) is 0 Å². The fourth-order valence-electron chi connectivity index (χ4n) is 6.88. The first-order valence-electron chi connectivity index (χ1n) is 17.0. The highest BCUT2D eigenvalue weighted by atomic mass is 32.1. The molecule has 0 bridgehead atoms. The van der Waals surface area contributed by atoms with E-state index in [4.69, 9.17) is 0 Å². The van der Waals surface area contributed by atoms with Crippen molar-refractivity contribution >= 4 is 49.3 Å². The number of benzene rings is 8. The molecule has 1 nitrogen and oxygen atoms in total. The van der Waals surface area contributed by atoms with Crippen molar-refractivity contribution in [3.05, 3.63) is 200 Å². The molecule has 1 heterocycles. The Balaban J connectivity index is 1.06. The van der Waals surface area contributed by atoms with Crippen molar-refractivity contribution in [1.82, 2.24) is 0 Å². The summed E-state index contributed by atoms with van der Waals surface area (Å²) in [6, 6.07) is 72.3. The van der Waals surface area contributed by atoms with E-state index in [-0.39, 0.29) is 0 Å². The van der Waals surface area contributed by atoms with Gasteiger partial charge in [0, 0.05) is 32.0 Å². The summed E-state index contributed by atoms with van der Waals surface area (Å²) < 4.78 is 1.32. The van der Waals surface area contributed by atoms with Gasteiger partial charge in [0.05, 0.1) is 0 Å². The predicted octanol–water partition coefficient (Wildman–Crippen LogP) is 14.2. The third-order valence-corrected chi connectivity index (χ3v) is 10.7. The number of fused-ring (bicyclic) bond motifs is 3. The van der Waals surface area contributed by atoms with Gasteiger partial charge < -0.3 is 4.90 Å². The molecule has 50 heavy (non-hydrogen) atoms. The Labute approximate surface area is 297 Å². The van der Waals surface area contributed by atoms with Crippen molar-refractivity contribution in [2.75, 3.05) is 4.90 Å². The van der Waals surface area contributed by atoms with E-state index in [0.29, 0.717) is 0 Å². The van der Waals surface area contributed by atoms with Gasteiger partial charge in [0.15, 0.2) is 0 Å². The standard InChI is InChI=1S/C48H33NS/c1-3-9-34(10-4-1)36-15-17-37(18-16-36)39-21-28-43(29-22-39)49(42-26-19-38(20-27-42)35-11-5-2-6-12-35)44-30-23-41(24-31-44)48-33-46-45-14-8-7-13-40(45)25-32-47(46)50-48/h1-33H. The first-order valence-corrected chi connectivity index (χ1v) is 17.8. The van der Waals surface area contributed by atoms with Gasteiger partial charge in [0.25, 0.3) is 0 Å². The lowest BCUT2D eigenvalue weighted by molar-refractivity contribution is 1.28. The average Bonchev–Trinajstić information content (AvgIpc) is 3.65. The maximum absolute atomic E-state index is 2.35. The molecule has 0 atom stereocenters. The zero-order valence-electron chi connectivity index (χ0n) is 27.4. The second-order valence-corrected chi connectivity index (χ2v) is 13.7. The quantitative estimate of drug-likeness (QED) is 0.165. The van der Waals surface area contributed by atoms with Crippen LogP contribution in [0.2, 0.25) is 0 Å². The molecule has 8 aromatic carbocycles. The number of hydrogen-bond acceptors (Lipinski definition) is 2. The van der Waals surface area contributed by atoms with E-state index in [1.807, 2.05) is 11.3 Å². The second kappa shape index (κ2) is 13.0. The number of hydrogen-bond donors (Lipinski definition) is 0. The van der Waals surface area contributed by atoms with Crippen molar-refractivity contribution < 1.29 is 0 Å². The molecule has 0 saturated carbocycles. The SMILES string of the molecule is c1ccc(-c2ccc(-c3ccc(N(c4ccc(-c5ccccc5)cc4)c4ccc(-c5cc6c(ccc7ccccc76)s5)cc4)cc3)cc2)cc1. The minimum atomic E-state index is 1.11. The van der Waals surface area contributed by atoms with Crippen LogP contribution in [0.1, 0.15) is 0 Å². The second-order valence-electron chi connectivity index (χ2n) is 12.6. The largest absolute Gasteiger partial charge is 0.311 e. The van der Waals surface area contributed by atoms with E-state index >= 15 is 0 Å². The molecule has 0 aliphatic carbocycles. The molecule has 2 heteroatoms. The number of anilines is 3. The molecule has 0 N–H and O–H groups in total. The molecule has 0 unspecified atom stereocenters. The molecule has 236 valence electrons. The predicted molar refractivity (Wildman–Crippen MR) is 216 cm³/mol. The Hall–Kier alpha value is -6.22. The van der Waals surface area contributed by atoms with Crippen LogP contribution in [0.5, 0.6) is 0 Å². The minimum Gasteiger partial charge on any atom is -0.311 e. The third kappa shape index (κ3) is 5.77. The van der Waals surface area contributed by atoms with Crippen LogP contribution in [-0.2, 0) is 0 Å². The maximum Gasteiger partial charge on any atom is 0.0462 e. The highest BCUT2D eigenvalue weighted by molar-refractivity contribution is 7.22. The van der Waals surface area contributed by atoms with Crippen LogP contribution in [0, 0.1) is 0 Å². The summed E-state index contributed by atoms with van der Waals surface area (Å²) in [5.41, 5.74) is 11.9. The van der Waals surface area contributed by atoms with E-state index < -0.39 is 0 Å². The van der Waals surface area contributed by atoms with Crippen LogP contribution in [0.4, 0.5) is 17.1 Å². The average molecular weight is 656 g/mol. The van der Waals surface area contributed by atoms with Crippen molar-refractivity contribution in [3.63, 3.8) is 0 Å². The third-order valence-electron chi connectivity index (χ3n) is 9.52. The van der Waals surface area contributed by atoms with E-state index in [9.17, 15) is 0 Å². The Morgan fingerprint density at radius 1 is 0.300 bits per heavy atom. The lowest BCUT2D eigenvalue weighted by atomic mass is 10.00. The Kier molecular flexibility index (Phi) is 7.77. The van der Waals surface area contributed by atoms with Gasteiger partial charge in [-0.15, -0.1) is 11.3 Å². The number of nitrogens with zero attached hydrogens (tertiary/aromatic N) is 1. The zero-order valence-corrected chi connectivity index (χ0v) is 28.2. The van der Waals surface area contributed by atoms with Crippen molar-refractivity contribution in [2.45, 2.75) is 0 Å². The van der Waals surface area contributed by atoms with Crippen molar-refractivity contribution in [2.24, 2.45) is 0 Å². The Morgan fingerprint density at radius 2 is 0.700 bits per heavy atom. The fourth-order valence-corrected chi connectivity index (χ4v) is 7.96. The monoisotopic (exact) mass is 655 g/mol. The van der Waals surface area contributed by atoms with Crippen LogP contribution in [0.3, 0.4) is 0 Å². The van der Waals surface area contributed by atoms with Gasteiger partial charge in [-0.1, -0.05) is 152 Å². The summed E-state index contributed by atoms with van der Waals surface area (Å²) in [6.45, 7) is 0. The first-order chi connectivity index (χ1) is 24.8. The molecule has 1 aromatic heterocycles. The van der Waals surface area contributed by atoms with Crippen LogP contribution in [0.25, 0.3) is 64.7 Å². The van der Waals surface area contributed by atoms with Gasteiger partial charge in [0.1, 0.15) is 0 Å². The van der Waals surface area contributed by atoms with Gasteiger partial charge in [-0.05, 0) is 98.2 Å². The maximum atomic E-state index is 2.35. The lowest BCUT2D eigenvalue weighted by Gasteiger charge is -2.26. The minimum absolute atomic E-state index is 1.11. The summed E-state index contributed by atoms with van der Waals surface area (Å²) in [6.07, 6.45) is 0. The number of rotatable bonds is 7. The number of thiophene rings is 1. The molecule has 0 fully saturated rings. The zero-order chi connectivity index (χ0) is 33.3. The van der Waals surface area contributed by atoms with E-state index in [1.165, 1.54) is 64.7 Å². The molecule has 9 rings (SSSR count). The van der Waals surface area contributed by atoms with E-state index in [0.717, 1.165) is 17.1 Å². The highest BCUT2D eigenvalue weighted by Gasteiger charge is 2.15. The van der Waals surface area contributed by atoms with Crippen molar-refractivity contribution in [1.29, 1.82) is 0 Å². The van der Waals surface area contributed by atoms with E-state index in [2.05, 4.69) is 205 Å². The first kappa shape index (κ1) is 29.9. The summed E-state index contributed by atoms with van der Waals surface area (Å²) in [4.78, 5) is 3.63. The van der Waals surface area contributed by atoms with Crippen LogP contribution >= 0.6 is 11.3 Å². The lowest BCUT2D eigenvalue weighted by Crippen LogP contribution is -2.09. The summed E-state index contributed by atoms with van der Waals surface area (Å²) >= 11 is 1.86. The van der Waals surface area contributed by atoms with E-state index in [1.54, 1.807) is 0 Å². The molecule has 0 amide bonds. The Bertz CT molecular complexity index is 2530. The Morgan fingerprint density at radius 3 is 1.20 bits per heavy atom. The molecular weight excluding hydrogens is 623 g/mol. The van der Waals surface area contributed by atoms with Crippen molar-refractivity contribution in [3.8, 4) is 43.8 Å². The van der Waals surface area contributed by atoms with Gasteiger partial charge >= 0.3 is 0 Å². The van der Waals surface area contributed by atoms with Gasteiger partial charge in [-0.3, -0.25) is 0 Å². The summed E-state index contributed by atoms with van der Waals surface area (Å²) in [5.74, 6) is 0. The molecule has 9 aromatic rings. The normalized spacial score (nSPS) is 11.2. The van der Waals surface area contributed by atoms with Gasteiger partial charge in [0.2, 0.25) is 0 Å². The molecule has 0 aliphatic heterocycles. The summed E-state index contributed by atoms with van der Waals surface area (Å²) in [5, 5.41) is 3.91. The molecule has 0 aliphatic rings.